The number of anilines is 1. The van der Waals surface area contributed by atoms with E-state index in [4.69, 9.17) is 0 Å². The Balaban J connectivity index is 1.78. The summed E-state index contributed by atoms with van der Waals surface area (Å²) in [5.41, 5.74) is 0.0459. The molecule has 0 saturated heterocycles. The zero-order valence-electron chi connectivity index (χ0n) is 9.52. The Kier molecular flexibility index (Phi) is 2.23. The third-order valence-electron chi connectivity index (χ3n) is 3.52. The molecule has 2 saturated carbocycles. The van der Waals surface area contributed by atoms with Crippen molar-refractivity contribution in [3.8, 4) is 0 Å². The van der Waals surface area contributed by atoms with E-state index in [-0.39, 0.29) is 5.56 Å². The Morgan fingerprint density at radius 1 is 1.44 bits per heavy atom. The zero-order valence-corrected chi connectivity index (χ0v) is 9.52. The summed E-state index contributed by atoms with van der Waals surface area (Å²) >= 11 is 0. The molecule has 0 aromatic carbocycles. The van der Waals surface area contributed by atoms with Gasteiger partial charge in [0, 0.05) is 24.5 Å². The van der Waals surface area contributed by atoms with Gasteiger partial charge in [0.15, 0.2) is 5.82 Å². The molecule has 0 aliphatic heterocycles. The van der Waals surface area contributed by atoms with Crippen molar-refractivity contribution < 1.29 is 0 Å². The Morgan fingerprint density at radius 2 is 2.19 bits per heavy atom. The van der Waals surface area contributed by atoms with Crippen molar-refractivity contribution in [3.05, 3.63) is 22.7 Å². The number of hydrogen-bond acceptors (Lipinski definition) is 3. The van der Waals surface area contributed by atoms with E-state index >= 15 is 0 Å². The fourth-order valence-corrected chi connectivity index (χ4v) is 2.38. The maximum Gasteiger partial charge on any atom is 0.293 e. The maximum atomic E-state index is 12.0. The average Bonchev–Trinajstić information content (AvgIpc) is 3.02. The summed E-state index contributed by atoms with van der Waals surface area (Å²) in [6.45, 7) is 2.24. The Hall–Kier alpha value is -1.32. The topological polar surface area (TPSA) is 46.9 Å². The van der Waals surface area contributed by atoms with Gasteiger partial charge in [0.2, 0.25) is 0 Å². The van der Waals surface area contributed by atoms with E-state index in [2.05, 4.69) is 17.2 Å². The molecule has 0 atom stereocenters. The molecule has 4 heteroatoms. The summed E-state index contributed by atoms with van der Waals surface area (Å²) in [4.78, 5) is 16.2. The first-order valence-corrected chi connectivity index (χ1v) is 6.07. The van der Waals surface area contributed by atoms with Gasteiger partial charge in [0.05, 0.1) is 0 Å². The minimum absolute atomic E-state index is 0.0459. The van der Waals surface area contributed by atoms with Crippen molar-refractivity contribution in [2.24, 2.45) is 5.92 Å². The van der Waals surface area contributed by atoms with Crippen LogP contribution in [0.4, 0.5) is 5.82 Å². The molecule has 1 aromatic heterocycles. The van der Waals surface area contributed by atoms with Crippen LogP contribution in [0.15, 0.2) is 17.2 Å². The molecule has 3 rings (SSSR count). The molecule has 2 fully saturated rings. The van der Waals surface area contributed by atoms with Gasteiger partial charge >= 0.3 is 0 Å². The Bertz CT molecular complexity index is 444. The fourth-order valence-electron chi connectivity index (χ4n) is 2.38. The fraction of sp³-hybridized carbons (Fsp3) is 0.667. The van der Waals surface area contributed by atoms with Crippen LogP contribution in [0.3, 0.4) is 0 Å². The maximum absolute atomic E-state index is 12.0. The number of aromatic nitrogens is 2. The van der Waals surface area contributed by atoms with E-state index in [9.17, 15) is 4.79 Å². The van der Waals surface area contributed by atoms with Crippen molar-refractivity contribution >= 4 is 5.82 Å². The lowest BCUT2D eigenvalue weighted by Gasteiger charge is -2.33. The van der Waals surface area contributed by atoms with E-state index in [1.807, 2.05) is 4.57 Å². The van der Waals surface area contributed by atoms with Crippen molar-refractivity contribution in [1.29, 1.82) is 0 Å². The van der Waals surface area contributed by atoms with Crippen molar-refractivity contribution in [3.63, 3.8) is 0 Å². The van der Waals surface area contributed by atoms with Crippen LogP contribution in [-0.2, 0) is 0 Å². The van der Waals surface area contributed by atoms with Crippen LogP contribution in [-0.4, -0.2) is 15.6 Å². The Labute approximate surface area is 94.7 Å². The average molecular weight is 219 g/mol. The quantitative estimate of drug-likeness (QED) is 0.843. The molecule has 0 amide bonds. The first-order chi connectivity index (χ1) is 7.74. The van der Waals surface area contributed by atoms with Crippen LogP contribution < -0.4 is 10.9 Å². The lowest BCUT2D eigenvalue weighted by Crippen LogP contribution is -2.37. The van der Waals surface area contributed by atoms with E-state index in [0.29, 0.717) is 17.9 Å². The van der Waals surface area contributed by atoms with Crippen molar-refractivity contribution in [2.75, 3.05) is 5.32 Å². The first kappa shape index (κ1) is 9.87. The van der Waals surface area contributed by atoms with Crippen LogP contribution in [0.1, 0.15) is 38.6 Å². The Morgan fingerprint density at radius 3 is 2.81 bits per heavy atom. The molecule has 2 aliphatic carbocycles. The number of nitrogens with zero attached hydrogens (tertiary/aromatic N) is 2. The van der Waals surface area contributed by atoms with Crippen LogP contribution >= 0.6 is 0 Å². The van der Waals surface area contributed by atoms with E-state index < -0.39 is 0 Å². The summed E-state index contributed by atoms with van der Waals surface area (Å²) in [6, 6.07) is 0.876. The van der Waals surface area contributed by atoms with E-state index in [1.165, 1.54) is 0 Å². The third kappa shape index (κ3) is 1.72. The molecular formula is C12H17N3O. The van der Waals surface area contributed by atoms with Gasteiger partial charge in [-0.25, -0.2) is 4.98 Å². The normalized spacial score (nSPS) is 28.6. The van der Waals surface area contributed by atoms with Gasteiger partial charge in [-0.3, -0.25) is 4.79 Å². The predicted molar refractivity (Wildman–Crippen MR) is 62.6 cm³/mol. The third-order valence-corrected chi connectivity index (χ3v) is 3.52. The monoisotopic (exact) mass is 219 g/mol. The van der Waals surface area contributed by atoms with Gasteiger partial charge < -0.3 is 9.88 Å². The highest BCUT2D eigenvalue weighted by atomic mass is 16.1. The molecule has 0 spiro atoms. The second kappa shape index (κ2) is 3.61. The second-order valence-electron chi connectivity index (χ2n) is 5.14. The molecule has 1 aromatic rings. The largest absolute Gasteiger partial charge is 0.363 e. The second-order valence-corrected chi connectivity index (χ2v) is 5.14. The van der Waals surface area contributed by atoms with Gasteiger partial charge in [-0.1, -0.05) is 6.92 Å². The van der Waals surface area contributed by atoms with Gasteiger partial charge in [-0.05, 0) is 31.6 Å². The van der Waals surface area contributed by atoms with Gasteiger partial charge in [-0.2, -0.15) is 0 Å². The smallest absolute Gasteiger partial charge is 0.293 e. The van der Waals surface area contributed by atoms with Crippen LogP contribution in [0, 0.1) is 5.92 Å². The summed E-state index contributed by atoms with van der Waals surface area (Å²) in [6.07, 6.45) is 8.09. The lowest BCUT2D eigenvalue weighted by molar-refractivity contribution is 0.308. The molecule has 4 nitrogen and oxygen atoms in total. The highest BCUT2D eigenvalue weighted by Crippen LogP contribution is 2.33. The van der Waals surface area contributed by atoms with Crippen LogP contribution in [0.5, 0.6) is 0 Å². The molecule has 2 aliphatic rings. The molecule has 1 N–H and O–H groups in total. The van der Waals surface area contributed by atoms with Crippen LogP contribution in [0.25, 0.3) is 0 Å². The molecule has 0 unspecified atom stereocenters. The molecule has 86 valence electrons. The first-order valence-electron chi connectivity index (χ1n) is 6.07. The number of rotatable bonds is 3. The SMILES string of the molecule is CC1CC(Nc2nccn(C3CC3)c2=O)C1. The number of hydrogen-bond donors (Lipinski definition) is 1. The van der Waals surface area contributed by atoms with Crippen molar-refractivity contribution in [2.45, 2.75) is 44.7 Å². The van der Waals surface area contributed by atoms with E-state index in [1.54, 1.807) is 12.4 Å². The van der Waals surface area contributed by atoms with Gasteiger partial charge in [0.25, 0.3) is 5.56 Å². The van der Waals surface area contributed by atoms with Crippen LogP contribution in [0.2, 0.25) is 0 Å². The highest BCUT2D eigenvalue weighted by molar-refractivity contribution is 5.33. The summed E-state index contributed by atoms with van der Waals surface area (Å²) in [7, 11) is 0. The minimum atomic E-state index is 0.0459. The molecule has 1 heterocycles. The van der Waals surface area contributed by atoms with Crippen molar-refractivity contribution in [1.82, 2.24) is 9.55 Å². The summed E-state index contributed by atoms with van der Waals surface area (Å²) in [5, 5.41) is 3.26. The summed E-state index contributed by atoms with van der Waals surface area (Å²) in [5.74, 6) is 1.32. The molecular weight excluding hydrogens is 202 g/mol. The molecule has 0 bridgehead atoms. The molecule has 0 radical (unpaired) electrons. The van der Waals surface area contributed by atoms with Gasteiger partial charge in [0.1, 0.15) is 0 Å². The zero-order chi connectivity index (χ0) is 11.1. The highest BCUT2D eigenvalue weighted by Gasteiger charge is 2.28. The lowest BCUT2D eigenvalue weighted by atomic mass is 9.82. The molecule has 16 heavy (non-hydrogen) atoms. The summed E-state index contributed by atoms with van der Waals surface area (Å²) < 4.78 is 1.82. The van der Waals surface area contributed by atoms with Gasteiger partial charge in [-0.15, -0.1) is 0 Å². The minimum Gasteiger partial charge on any atom is -0.363 e. The van der Waals surface area contributed by atoms with E-state index in [0.717, 1.165) is 31.6 Å². The number of nitrogens with one attached hydrogen (secondary N) is 1. The predicted octanol–water partition coefficient (Wildman–Crippen LogP) is 1.79. The standard InChI is InChI=1S/C12H17N3O/c1-8-6-9(7-8)14-11-12(16)15(5-4-13-11)10-2-3-10/h4-5,8-10H,2-3,6-7H2,1H3,(H,13,14).